The van der Waals surface area contributed by atoms with Gasteiger partial charge in [0.15, 0.2) is 0 Å². The minimum absolute atomic E-state index is 0.287. The molecular formula is C19H34O4Si. The van der Waals surface area contributed by atoms with E-state index >= 15 is 0 Å². The standard InChI is InChI=1S/C19H34O4Si/c1-7-8-10-20-12-14-22-16-17-23-15-13-21-11-9-18-24(5,6)19(2,3)4/h1H,8,10-17H2,2-6H3. The van der Waals surface area contributed by atoms with E-state index < -0.39 is 8.07 Å². The summed E-state index contributed by atoms with van der Waals surface area (Å²) in [5.74, 6) is 5.68. The molecule has 0 aromatic carbocycles. The zero-order chi connectivity index (χ0) is 18.3. The van der Waals surface area contributed by atoms with Gasteiger partial charge in [-0.1, -0.05) is 39.8 Å². The van der Waals surface area contributed by atoms with Crippen LogP contribution in [0.4, 0.5) is 0 Å². The van der Waals surface area contributed by atoms with Gasteiger partial charge < -0.3 is 18.9 Å². The van der Waals surface area contributed by atoms with Crippen LogP contribution in [-0.2, 0) is 18.9 Å². The summed E-state index contributed by atoms with van der Waals surface area (Å²) in [6.07, 6.45) is 5.76. The molecule has 0 radical (unpaired) electrons. The van der Waals surface area contributed by atoms with E-state index in [0.29, 0.717) is 59.3 Å². The van der Waals surface area contributed by atoms with Crippen molar-refractivity contribution in [1.29, 1.82) is 0 Å². The predicted octanol–water partition coefficient (Wildman–Crippen LogP) is 3.13. The Morgan fingerprint density at radius 2 is 1.25 bits per heavy atom. The maximum absolute atomic E-state index is 5.47. The lowest BCUT2D eigenvalue weighted by Gasteiger charge is -2.31. The lowest BCUT2D eigenvalue weighted by molar-refractivity contribution is 0.00197. The normalized spacial score (nSPS) is 11.7. The van der Waals surface area contributed by atoms with E-state index in [1.807, 2.05) is 0 Å². The van der Waals surface area contributed by atoms with Gasteiger partial charge >= 0.3 is 0 Å². The van der Waals surface area contributed by atoms with E-state index in [1.54, 1.807) is 0 Å². The third-order valence-corrected chi connectivity index (χ3v) is 8.51. The van der Waals surface area contributed by atoms with Crippen LogP contribution in [0.15, 0.2) is 0 Å². The number of ether oxygens (including phenoxy) is 4. The highest BCUT2D eigenvalue weighted by Gasteiger charge is 2.33. The lowest BCUT2D eigenvalue weighted by Crippen LogP contribution is -2.35. The molecule has 0 bridgehead atoms. The summed E-state index contributed by atoms with van der Waals surface area (Å²) in [6.45, 7) is 15.8. The van der Waals surface area contributed by atoms with Crippen LogP contribution in [0.25, 0.3) is 0 Å². The van der Waals surface area contributed by atoms with Gasteiger partial charge in [0.2, 0.25) is 0 Å². The van der Waals surface area contributed by atoms with Crippen molar-refractivity contribution in [2.24, 2.45) is 0 Å². The fourth-order valence-electron chi connectivity index (χ4n) is 1.36. The van der Waals surface area contributed by atoms with Gasteiger partial charge in [0.05, 0.1) is 46.2 Å². The van der Waals surface area contributed by atoms with E-state index in [0.717, 1.165) is 0 Å². The first-order valence-corrected chi connectivity index (χ1v) is 11.6. The molecule has 0 spiro atoms. The average molecular weight is 355 g/mol. The Morgan fingerprint density at radius 1 is 0.792 bits per heavy atom. The molecule has 0 saturated heterocycles. The second kappa shape index (κ2) is 13.5. The molecular weight excluding hydrogens is 320 g/mol. The molecule has 0 aliphatic heterocycles. The number of hydrogen-bond acceptors (Lipinski definition) is 4. The van der Waals surface area contributed by atoms with Gasteiger partial charge in [0.1, 0.15) is 14.7 Å². The van der Waals surface area contributed by atoms with Crippen LogP contribution in [0.5, 0.6) is 0 Å². The van der Waals surface area contributed by atoms with Crippen LogP contribution in [0.1, 0.15) is 27.2 Å². The minimum atomic E-state index is -1.52. The van der Waals surface area contributed by atoms with Crippen molar-refractivity contribution in [2.75, 3.05) is 52.9 Å². The molecule has 0 rings (SSSR count). The molecule has 0 N–H and O–H groups in total. The van der Waals surface area contributed by atoms with Crippen LogP contribution in [-0.4, -0.2) is 60.9 Å². The van der Waals surface area contributed by atoms with Gasteiger partial charge in [0.25, 0.3) is 0 Å². The van der Waals surface area contributed by atoms with Gasteiger partial charge in [-0.25, -0.2) is 0 Å². The molecule has 0 aromatic heterocycles. The first-order chi connectivity index (χ1) is 11.3. The molecule has 0 aromatic rings. The van der Waals surface area contributed by atoms with E-state index in [1.165, 1.54) is 0 Å². The van der Waals surface area contributed by atoms with E-state index in [9.17, 15) is 0 Å². The highest BCUT2D eigenvalue weighted by molar-refractivity contribution is 6.87. The van der Waals surface area contributed by atoms with Crippen molar-refractivity contribution in [3.8, 4) is 23.8 Å². The second-order valence-corrected chi connectivity index (χ2v) is 12.0. The monoisotopic (exact) mass is 354 g/mol. The molecule has 0 heterocycles. The van der Waals surface area contributed by atoms with E-state index in [2.05, 4.69) is 51.2 Å². The number of terminal acetylenes is 1. The minimum Gasteiger partial charge on any atom is -0.378 e. The Hall–Kier alpha value is -0.823. The van der Waals surface area contributed by atoms with Crippen molar-refractivity contribution >= 4 is 8.07 Å². The molecule has 0 atom stereocenters. The summed E-state index contributed by atoms with van der Waals surface area (Å²) in [7, 11) is -1.52. The van der Waals surface area contributed by atoms with Gasteiger partial charge in [-0.05, 0) is 5.04 Å². The predicted molar refractivity (Wildman–Crippen MR) is 102 cm³/mol. The Morgan fingerprint density at radius 3 is 1.71 bits per heavy atom. The lowest BCUT2D eigenvalue weighted by atomic mass is 10.2. The molecule has 24 heavy (non-hydrogen) atoms. The van der Waals surface area contributed by atoms with Gasteiger partial charge in [-0.3, -0.25) is 0 Å². The zero-order valence-electron chi connectivity index (χ0n) is 16.1. The second-order valence-electron chi connectivity index (χ2n) is 7.02. The maximum Gasteiger partial charge on any atom is 0.137 e. The maximum atomic E-state index is 5.47. The van der Waals surface area contributed by atoms with Crippen molar-refractivity contribution in [1.82, 2.24) is 0 Å². The smallest absolute Gasteiger partial charge is 0.137 e. The highest BCUT2D eigenvalue weighted by atomic mass is 28.3. The van der Waals surface area contributed by atoms with Crippen molar-refractivity contribution in [2.45, 2.75) is 45.3 Å². The zero-order valence-corrected chi connectivity index (χ0v) is 17.1. The van der Waals surface area contributed by atoms with Gasteiger partial charge in [-0.2, -0.15) is 0 Å². The molecule has 4 nitrogen and oxygen atoms in total. The molecule has 0 amide bonds. The SMILES string of the molecule is C#CCCOCCOCCOCCOCC#C[Si](C)(C)C(C)(C)C. The summed E-state index contributed by atoms with van der Waals surface area (Å²) < 4.78 is 21.5. The first-order valence-electron chi connectivity index (χ1n) is 8.56. The quantitative estimate of drug-likeness (QED) is 0.306. The van der Waals surface area contributed by atoms with E-state index in [4.69, 9.17) is 25.4 Å². The summed E-state index contributed by atoms with van der Waals surface area (Å²) in [5, 5.41) is 0.287. The summed E-state index contributed by atoms with van der Waals surface area (Å²) in [5.41, 5.74) is 3.42. The van der Waals surface area contributed by atoms with Crippen LogP contribution in [0.3, 0.4) is 0 Å². The topological polar surface area (TPSA) is 36.9 Å². The van der Waals surface area contributed by atoms with Crippen LogP contribution in [0, 0.1) is 23.8 Å². The summed E-state index contributed by atoms with van der Waals surface area (Å²) in [6, 6.07) is 0. The highest BCUT2D eigenvalue weighted by Crippen LogP contribution is 2.34. The Bertz CT molecular complexity index is 410. The van der Waals surface area contributed by atoms with Crippen LogP contribution in [0.2, 0.25) is 18.1 Å². The molecule has 0 unspecified atom stereocenters. The third-order valence-electron chi connectivity index (χ3n) is 3.96. The Balaban J connectivity index is 3.40. The van der Waals surface area contributed by atoms with Crippen molar-refractivity contribution < 1.29 is 18.9 Å². The number of rotatable bonds is 12. The fourth-order valence-corrected chi connectivity index (χ4v) is 2.25. The van der Waals surface area contributed by atoms with E-state index in [-0.39, 0.29) is 5.04 Å². The molecule has 138 valence electrons. The molecule has 0 aliphatic rings. The molecule has 0 aliphatic carbocycles. The van der Waals surface area contributed by atoms with Crippen LogP contribution >= 0.6 is 0 Å². The fraction of sp³-hybridized carbons (Fsp3) is 0.789. The number of hydrogen-bond donors (Lipinski definition) is 0. The largest absolute Gasteiger partial charge is 0.378 e. The Kier molecular flexibility index (Phi) is 13.0. The first kappa shape index (κ1) is 23.2. The van der Waals surface area contributed by atoms with Gasteiger partial charge in [-0.15, -0.1) is 17.9 Å². The Labute approximate surface area is 149 Å². The van der Waals surface area contributed by atoms with Crippen molar-refractivity contribution in [3.05, 3.63) is 0 Å². The average Bonchev–Trinajstić information content (AvgIpc) is 2.50. The molecule has 0 fully saturated rings. The summed E-state index contributed by atoms with van der Waals surface area (Å²) >= 11 is 0. The van der Waals surface area contributed by atoms with Crippen LogP contribution < -0.4 is 0 Å². The summed E-state index contributed by atoms with van der Waals surface area (Å²) in [4.78, 5) is 0. The molecule has 0 saturated carbocycles. The third kappa shape index (κ3) is 12.6. The van der Waals surface area contributed by atoms with Crippen molar-refractivity contribution in [3.63, 3.8) is 0 Å². The van der Waals surface area contributed by atoms with Gasteiger partial charge in [0, 0.05) is 6.42 Å². The molecule has 5 heteroatoms.